The predicted octanol–water partition coefficient (Wildman–Crippen LogP) is 20.6. The van der Waals surface area contributed by atoms with Crippen molar-refractivity contribution in [1.29, 1.82) is 0 Å². The molecule has 10 heteroatoms. The van der Waals surface area contributed by atoms with Crippen molar-refractivity contribution >= 4 is 19.7 Å². The number of nitrogens with one attached hydrogen (secondary N) is 1. The van der Waals surface area contributed by atoms with Crippen LogP contribution < -0.4 is 5.32 Å². The molecule has 0 aromatic heterocycles. The molecular weight excluding hydrogens is 988 g/mol. The quantitative estimate of drug-likeness (QED) is 0.0205. The molecule has 0 radical (unpaired) electrons. The number of hydrogen-bond donors (Lipinski definition) is 2. The van der Waals surface area contributed by atoms with Crippen LogP contribution in [-0.4, -0.2) is 74.3 Å². The summed E-state index contributed by atoms with van der Waals surface area (Å²) in [5, 5.41) is 3.06. The van der Waals surface area contributed by atoms with Crippen LogP contribution in [0, 0.1) is 0 Å². The van der Waals surface area contributed by atoms with Crippen molar-refractivity contribution in [2.45, 2.75) is 322 Å². The summed E-state index contributed by atoms with van der Waals surface area (Å²) in [5.41, 5.74) is 0. The molecule has 0 bridgehead atoms. The number of amides is 1. The van der Waals surface area contributed by atoms with Crippen molar-refractivity contribution in [2.24, 2.45) is 0 Å². The smallest absolute Gasteiger partial charge is 0.456 e. The lowest BCUT2D eigenvalue weighted by atomic mass is 10.0. The second kappa shape index (κ2) is 57.9. The van der Waals surface area contributed by atoms with E-state index in [-0.39, 0.29) is 31.5 Å². The maximum atomic E-state index is 13.6. The largest absolute Gasteiger partial charge is 0.472 e. The molecule has 0 aliphatic carbocycles. The molecule has 0 fully saturated rings. The maximum absolute atomic E-state index is 13.6. The summed E-state index contributed by atoms with van der Waals surface area (Å²) in [6, 6.07) is -0.852. The van der Waals surface area contributed by atoms with E-state index in [0.29, 0.717) is 17.4 Å². The normalized spacial score (nSPS) is 14.0. The second-order valence-corrected chi connectivity index (χ2v) is 25.1. The lowest BCUT2D eigenvalue weighted by Gasteiger charge is -2.27. The highest BCUT2D eigenvalue weighted by Crippen LogP contribution is 2.43. The number of unbranched alkanes of at least 4 members (excludes halogenated alkanes) is 36. The molecule has 3 unspecified atom stereocenters. The van der Waals surface area contributed by atoms with E-state index in [9.17, 15) is 19.0 Å². The molecule has 0 heterocycles. The van der Waals surface area contributed by atoms with E-state index >= 15 is 0 Å². The first kappa shape index (κ1) is 75.7. The van der Waals surface area contributed by atoms with Crippen LogP contribution in [0.25, 0.3) is 0 Å². The van der Waals surface area contributed by atoms with Crippen molar-refractivity contribution in [3.63, 3.8) is 0 Å². The highest BCUT2D eigenvalue weighted by Gasteiger charge is 2.30. The third-order valence-corrected chi connectivity index (χ3v) is 15.7. The number of rotatable bonds is 60. The van der Waals surface area contributed by atoms with E-state index < -0.39 is 20.0 Å². The number of likely N-dealkylation sites (N-methyl/N-ethyl adjacent to an activating group) is 1. The Hall–Kier alpha value is -2.29. The zero-order valence-corrected chi connectivity index (χ0v) is 53.1. The van der Waals surface area contributed by atoms with Gasteiger partial charge in [0.15, 0.2) is 0 Å². The Kier molecular flexibility index (Phi) is 56.2. The summed E-state index contributed by atoms with van der Waals surface area (Å²) in [6.07, 6.45) is 73.6. The fourth-order valence-corrected chi connectivity index (χ4v) is 10.3. The van der Waals surface area contributed by atoms with E-state index in [4.69, 9.17) is 13.8 Å². The van der Waals surface area contributed by atoms with Gasteiger partial charge in [0, 0.05) is 12.8 Å². The lowest BCUT2D eigenvalue weighted by molar-refractivity contribution is -0.870. The molecule has 0 aromatic carbocycles. The molecule has 0 rings (SSSR count). The zero-order chi connectivity index (χ0) is 57.2. The van der Waals surface area contributed by atoms with Gasteiger partial charge in [-0.15, -0.1) is 0 Å². The van der Waals surface area contributed by atoms with E-state index in [1.54, 1.807) is 0 Å². The first-order chi connectivity index (χ1) is 37.9. The van der Waals surface area contributed by atoms with Gasteiger partial charge in [0.1, 0.15) is 19.3 Å². The van der Waals surface area contributed by atoms with Crippen molar-refractivity contribution in [3.8, 4) is 0 Å². The minimum absolute atomic E-state index is 0.0386. The van der Waals surface area contributed by atoms with Crippen molar-refractivity contribution in [1.82, 2.24) is 5.32 Å². The van der Waals surface area contributed by atoms with Crippen LogP contribution >= 0.6 is 7.82 Å². The molecule has 3 atom stereocenters. The lowest BCUT2D eigenvalue weighted by Crippen LogP contribution is -2.47. The van der Waals surface area contributed by atoms with E-state index in [2.05, 4.69) is 74.7 Å². The fraction of sp³-hybridized carbons (Fsp3) is 0.824. The summed E-state index contributed by atoms with van der Waals surface area (Å²) in [6.45, 7) is 7.01. The van der Waals surface area contributed by atoms with Crippen LogP contribution in [0.15, 0.2) is 60.8 Å². The molecule has 0 saturated heterocycles. The van der Waals surface area contributed by atoms with Crippen LogP contribution in [0.1, 0.15) is 310 Å². The standard InChI is InChI=1S/C68H127N2O7P/c1-7-10-13-16-19-22-25-28-30-32-33-34-35-36-37-39-41-43-46-49-52-55-58-61-68(72)77-66(59-56-53-50-47-44-27-24-21-18-15-12-9-3)65(64-76-78(73,74)75-63-62-70(4,5)6)69-67(71)60-57-54-51-48-45-42-40-38-31-29-26-23-20-17-14-11-8-2/h19,22,28,30,33-34,36-37,56,59,65-66H,7-18,20-21,23-27,29,31-32,35,38-55,57-58,60-64H2,1-6H3,(H-,69,71,73,74)/p+1/b22-19-,30-28-,34-33-,37-36-,59-56+. The topological polar surface area (TPSA) is 111 Å². The van der Waals surface area contributed by atoms with Gasteiger partial charge in [0.2, 0.25) is 5.91 Å². The Balaban J connectivity index is 5.18. The van der Waals surface area contributed by atoms with Crippen LogP contribution in [0.5, 0.6) is 0 Å². The number of hydrogen-bond acceptors (Lipinski definition) is 6. The molecule has 456 valence electrons. The number of nitrogens with zero attached hydrogens (tertiary/aromatic N) is 1. The van der Waals surface area contributed by atoms with Gasteiger partial charge in [-0.25, -0.2) is 4.57 Å². The van der Waals surface area contributed by atoms with Gasteiger partial charge < -0.3 is 19.4 Å². The Morgan fingerprint density at radius 3 is 1.19 bits per heavy atom. The predicted molar refractivity (Wildman–Crippen MR) is 337 cm³/mol. The third kappa shape index (κ3) is 58.4. The molecular formula is C68H128N2O7P+. The summed E-state index contributed by atoms with van der Waals surface area (Å²) >= 11 is 0. The minimum atomic E-state index is -4.45. The number of phosphoric acid groups is 1. The number of carbonyl (C=O) groups excluding carboxylic acids is 2. The monoisotopic (exact) mass is 1120 g/mol. The van der Waals surface area contributed by atoms with Gasteiger partial charge in [-0.1, -0.05) is 281 Å². The van der Waals surface area contributed by atoms with Gasteiger partial charge >= 0.3 is 13.8 Å². The Labute approximate surface area is 483 Å². The first-order valence-corrected chi connectivity index (χ1v) is 34.6. The fourth-order valence-electron chi connectivity index (χ4n) is 9.57. The SMILES string of the molecule is CCCCC/C=C\C/C=C\C/C=C\C/C=C\CCCCCCCCCC(=O)OC(/C=C/CCCCCCCCCCCC)C(COP(=O)(O)OCC[N+](C)(C)C)NC(=O)CCCCCCCCCCCCCCCCCCC. The van der Waals surface area contributed by atoms with Crippen LogP contribution in [0.3, 0.4) is 0 Å². The van der Waals surface area contributed by atoms with Gasteiger partial charge in [-0.3, -0.25) is 18.6 Å². The molecule has 1 amide bonds. The van der Waals surface area contributed by atoms with Crippen LogP contribution in [0.4, 0.5) is 0 Å². The highest BCUT2D eigenvalue weighted by molar-refractivity contribution is 7.47. The zero-order valence-electron chi connectivity index (χ0n) is 52.2. The number of phosphoric ester groups is 1. The molecule has 0 spiro atoms. The van der Waals surface area contributed by atoms with Gasteiger partial charge in [-0.2, -0.15) is 0 Å². The Morgan fingerprint density at radius 2 is 0.782 bits per heavy atom. The second-order valence-electron chi connectivity index (χ2n) is 23.6. The molecule has 0 saturated carbocycles. The van der Waals surface area contributed by atoms with Crippen LogP contribution in [0.2, 0.25) is 0 Å². The highest BCUT2D eigenvalue weighted by atomic mass is 31.2. The number of ether oxygens (including phenoxy) is 1. The van der Waals surface area contributed by atoms with E-state index in [1.165, 1.54) is 186 Å². The average Bonchev–Trinajstić information content (AvgIpc) is 3.40. The number of carbonyl (C=O) groups is 2. The van der Waals surface area contributed by atoms with Gasteiger partial charge in [-0.05, 0) is 76.7 Å². The van der Waals surface area contributed by atoms with E-state index in [1.807, 2.05) is 33.3 Å². The summed E-state index contributed by atoms with van der Waals surface area (Å²) < 4.78 is 30.8. The van der Waals surface area contributed by atoms with Crippen molar-refractivity contribution in [2.75, 3.05) is 40.9 Å². The Bertz CT molecular complexity index is 1520. The Morgan fingerprint density at radius 1 is 0.449 bits per heavy atom. The third-order valence-electron chi connectivity index (χ3n) is 14.7. The summed E-state index contributed by atoms with van der Waals surface area (Å²) in [5.74, 6) is -0.506. The first-order valence-electron chi connectivity index (χ1n) is 33.1. The van der Waals surface area contributed by atoms with Gasteiger partial charge in [0.25, 0.3) is 0 Å². The summed E-state index contributed by atoms with van der Waals surface area (Å²) in [4.78, 5) is 37.8. The van der Waals surface area contributed by atoms with E-state index in [0.717, 1.165) is 89.9 Å². The number of allylic oxidation sites excluding steroid dienone is 9. The summed E-state index contributed by atoms with van der Waals surface area (Å²) in [7, 11) is 1.50. The molecule has 0 aliphatic rings. The number of quaternary nitrogens is 1. The number of esters is 1. The van der Waals surface area contributed by atoms with Crippen molar-refractivity contribution in [3.05, 3.63) is 60.8 Å². The minimum Gasteiger partial charge on any atom is -0.456 e. The molecule has 9 nitrogen and oxygen atoms in total. The van der Waals surface area contributed by atoms with Crippen LogP contribution in [-0.2, 0) is 27.9 Å². The maximum Gasteiger partial charge on any atom is 0.472 e. The molecule has 0 aliphatic heterocycles. The van der Waals surface area contributed by atoms with Gasteiger partial charge in [0.05, 0.1) is 33.8 Å². The molecule has 0 aromatic rings. The molecule has 78 heavy (non-hydrogen) atoms. The average molecular weight is 1120 g/mol. The molecule has 2 N–H and O–H groups in total. The van der Waals surface area contributed by atoms with Crippen molar-refractivity contribution < 1.29 is 37.3 Å².